The molecule has 6 heteroatoms. The van der Waals surface area contributed by atoms with Crippen molar-refractivity contribution in [3.63, 3.8) is 0 Å². The lowest BCUT2D eigenvalue weighted by molar-refractivity contribution is -0.122. The van der Waals surface area contributed by atoms with Gasteiger partial charge in [-0.2, -0.15) is 0 Å². The lowest BCUT2D eigenvalue weighted by Crippen LogP contribution is -2.48. The van der Waals surface area contributed by atoms with Crippen LogP contribution in [0, 0.1) is 6.92 Å². The summed E-state index contributed by atoms with van der Waals surface area (Å²) < 4.78 is 5.66. The van der Waals surface area contributed by atoms with Crippen molar-refractivity contribution in [3.8, 4) is 0 Å². The summed E-state index contributed by atoms with van der Waals surface area (Å²) in [5.41, 5.74) is 5.23. The number of hydrogen-bond acceptors (Lipinski definition) is 5. The molecule has 1 saturated heterocycles. The number of fused-ring (bicyclic) bond motifs is 2. The van der Waals surface area contributed by atoms with E-state index in [1.165, 1.54) is 0 Å². The number of nitrogens with one attached hydrogen (secondary N) is 1. The van der Waals surface area contributed by atoms with Crippen LogP contribution >= 0.6 is 0 Å². The quantitative estimate of drug-likeness (QED) is 0.836. The van der Waals surface area contributed by atoms with Crippen molar-refractivity contribution < 1.29 is 9.21 Å². The Bertz CT molecular complexity index is 1170. The molecular formula is C24H24N4O2. The smallest absolute Gasteiger partial charge is 0.255 e. The molecule has 6 nitrogen and oxygen atoms in total. The second kappa shape index (κ2) is 7.46. The van der Waals surface area contributed by atoms with E-state index >= 15 is 0 Å². The van der Waals surface area contributed by atoms with Gasteiger partial charge in [0.1, 0.15) is 5.52 Å². The van der Waals surface area contributed by atoms with E-state index in [4.69, 9.17) is 4.42 Å². The number of amides is 1. The lowest BCUT2D eigenvalue weighted by atomic mass is 10.0. The fourth-order valence-corrected chi connectivity index (χ4v) is 4.08. The van der Waals surface area contributed by atoms with Crippen LogP contribution in [0.5, 0.6) is 0 Å². The number of rotatable bonds is 2. The van der Waals surface area contributed by atoms with Gasteiger partial charge in [0, 0.05) is 50.6 Å². The van der Waals surface area contributed by atoms with Gasteiger partial charge >= 0.3 is 0 Å². The molecule has 2 aromatic rings. The molecule has 0 radical (unpaired) electrons. The van der Waals surface area contributed by atoms with Gasteiger partial charge in [0.2, 0.25) is 0 Å². The zero-order chi connectivity index (χ0) is 20.7. The van der Waals surface area contributed by atoms with Crippen molar-refractivity contribution in [1.29, 1.82) is 0 Å². The third-order valence-electron chi connectivity index (χ3n) is 5.59. The van der Waals surface area contributed by atoms with Crippen LogP contribution in [0.3, 0.4) is 0 Å². The summed E-state index contributed by atoms with van der Waals surface area (Å²) in [6.45, 7) is 6.81. The van der Waals surface area contributed by atoms with Crippen molar-refractivity contribution >= 4 is 22.6 Å². The van der Waals surface area contributed by atoms with E-state index in [2.05, 4.69) is 28.2 Å². The Morgan fingerprint density at radius 1 is 1.20 bits per heavy atom. The minimum Gasteiger partial charge on any atom is -0.441 e. The molecule has 1 aromatic carbocycles. The SMILES string of the molecule is Cc1nc2ccc(C3=C\C(=O)N4C=C(N5CCN[C@@H](C)C5)C=C\C4=C/C=C/3)cc2o1. The van der Waals surface area contributed by atoms with Crippen LogP contribution in [-0.4, -0.2) is 46.4 Å². The van der Waals surface area contributed by atoms with Gasteiger partial charge in [-0.3, -0.25) is 9.69 Å². The first kappa shape index (κ1) is 18.6. The molecule has 1 fully saturated rings. The summed E-state index contributed by atoms with van der Waals surface area (Å²) in [4.78, 5) is 21.6. The predicted molar refractivity (Wildman–Crippen MR) is 117 cm³/mol. The normalized spacial score (nSPS) is 26.3. The zero-order valence-corrected chi connectivity index (χ0v) is 17.1. The Hall–Kier alpha value is -3.38. The molecule has 0 spiro atoms. The standard InChI is InChI=1S/C24H24N4O2/c1-16-14-27(11-10-25-16)21-8-7-20-5-3-4-18(13-24(29)28(20)15-21)19-6-9-22-23(12-19)30-17(2)26-22/h3-9,12-13,15-16,25H,10-11,14H2,1-2H3/b4-3+,18-13+,20-5+/t16-/m0/s1. The number of benzene rings is 1. The maximum Gasteiger partial charge on any atom is 0.255 e. The van der Waals surface area contributed by atoms with Crippen molar-refractivity contribution in [2.45, 2.75) is 19.9 Å². The van der Waals surface area contributed by atoms with Crippen LogP contribution in [0.2, 0.25) is 0 Å². The number of hydrogen-bond donors (Lipinski definition) is 1. The molecule has 0 unspecified atom stereocenters. The highest BCUT2D eigenvalue weighted by atomic mass is 16.3. The molecule has 1 N–H and O–H groups in total. The summed E-state index contributed by atoms with van der Waals surface area (Å²) in [7, 11) is 0. The van der Waals surface area contributed by atoms with Crippen molar-refractivity contribution in [2.24, 2.45) is 0 Å². The van der Waals surface area contributed by atoms with E-state index in [-0.39, 0.29) is 5.91 Å². The number of aryl methyl sites for hydroxylation is 1. The van der Waals surface area contributed by atoms with Gasteiger partial charge in [0.15, 0.2) is 11.5 Å². The third kappa shape index (κ3) is 3.50. The molecular weight excluding hydrogens is 376 g/mol. The highest BCUT2D eigenvalue weighted by Crippen LogP contribution is 2.27. The number of carbonyl (C=O) groups is 1. The first-order valence-corrected chi connectivity index (χ1v) is 10.3. The van der Waals surface area contributed by atoms with Gasteiger partial charge in [0.25, 0.3) is 5.91 Å². The molecule has 4 heterocycles. The highest BCUT2D eigenvalue weighted by molar-refractivity contribution is 6.00. The van der Waals surface area contributed by atoms with Crippen LogP contribution in [0.4, 0.5) is 0 Å². The minimum atomic E-state index is -0.0699. The van der Waals surface area contributed by atoms with E-state index in [1.807, 2.05) is 55.6 Å². The molecule has 3 aliphatic rings. The maximum atomic E-state index is 13.2. The molecule has 152 valence electrons. The Balaban J connectivity index is 1.47. The van der Waals surface area contributed by atoms with Crippen LogP contribution in [0.15, 0.2) is 76.7 Å². The Labute approximate surface area is 175 Å². The van der Waals surface area contributed by atoms with Gasteiger partial charge in [-0.05, 0) is 48.4 Å². The van der Waals surface area contributed by atoms with Gasteiger partial charge in [-0.15, -0.1) is 0 Å². The molecule has 0 aliphatic carbocycles. The number of nitrogens with zero attached hydrogens (tertiary/aromatic N) is 3. The number of allylic oxidation sites excluding steroid dienone is 6. The van der Waals surface area contributed by atoms with Crippen LogP contribution in [0.1, 0.15) is 18.4 Å². The van der Waals surface area contributed by atoms with E-state index in [9.17, 15) is 4.79 Å². The van der Waals surface area contributed by atoms with Gasteiger partial charge in [-0.25, -0.2) is 4.98 Å². The van der Waals surface area contributed by atoms with Gasteiger partial charge in [0.05, 0.1) is 5.70 Å². The first-order valence-electron chi connectivity index (χ1n) is 10.3. The monoisotopic (exact) mass is 400 g/mol. The second-order valence-electron chi connectivity index (χ2n) is 7.86. The summed E-state index contributed by atoms with van der Waals surface area (Å²) in [6, 6.07) is 6.26. The van der Waals surface area contributed by atoms with Gasteiger partial charge in [-0.1, -0.05) is 18.2 Å². The number of aromatic nitrogens is 1. The summed E-state index contributed by atoms with van der Waals surface area (Å²) in [5.74, 6) is 0.562. The molecule has 0 bridgehead atoms. The fraction of sp³-hybridized carbons (Fsp3) is 0.250. The Kier molecular flexibility index (Phi) is 4.64. The van der Waals surface area contributed by atoms with Crippen LogP contribution in [-0.2, 0) is 4.79 Å². The summed E-state index contributed by atoms with van der Waals surface area (Å²) in [5, 5.41) is 3.46. The predicted octanol–water partition coefficient (Wildman–Crippen LogP) is 3.51. The van der Waals surface area contributed by atoms with E-state index in [0.717, 1.165) is 53.3 Å². The van der Waals surface area contributed by atoms with Crippen molar-refractivity contribution in [3.05, 3.63) is 83.7 Å². The largest absolute Gasteiger partial charge is 0.441 e. The first-order chi connectivity index (χ1) is 14.6. The molecule has 1 amide bonds. The molecule has 3 aliphatic heterocycles. The van der Waals surface area contributed by atoms with Crippen LogP contribution < -0.4 is 5.32 Å². The average Bonchev–Trinajstić information content (AvgIpc) is 3.11. The van der Waals surface area contributed by atoms with E-state index in [0.29, 0.717) is 11.9 Å². The molecule has 5 rings (SSSR count). The Morgan fingerprint density at radius 3 is 2.93 bits per heavy atom. The minimum absolute atomic E-state index is 0.0699. The zero-order valence-electron chi connectivity index (χ0n) is 17.1. The topological polar surface area (TPSA) is 61.6 Å². The molecule has 0 saturated carbocycles. The number of piperazine rings is 1. The van der Waals surface area contributed by atoms with Crippen molar-refractivity contribution in [2.75, 3.05) is 19.6 Å². The van der Waals surface area contributed by atoms with Crippen LogP contribution in [0.25, 0.3) is 16.7 Å². The third-order valence-corrected chi connectivity index (χ3v) is 5.59. The van der Waals surface area contributed by atoms with E-state index < -0.39 is 0 Å². The number of carbonyl (C=O) groups excluding carboxylic acids is 1. The second-order valence-corrected chi connectivity index (χ2v) is 7.86. The molecule has 30 heavy (non-hydrogen) atoms. The number of oxazole rings is 1. The summed E-state index contributed by atoms with van der Waals surface area (Å²) in [6.07, 6.45) is 13.6. The van der Waals surface area contributed by atoms with Gasteiger partial charge < -0.3 is 14.6 Å². The van der Waals surface area contributed by atoms with E-state index in [1.54, 1.807) is 11.0 Å². The highest BCUT2D eigenvalue weighted by Gasteiger charge is 2.23. The average molecular weight is 400 g/mol. The summed E-state index contributed by atoms with van der Waals surface area (Å²) >= 11 is 0. The van der Waals surface area contributed by atoms with Crippen molar-refractivity contribution in [1.82, 2.24) is 20.1 Å². The fourth-order valence-electron chi connectivity index (χ4n) is 4.08. The molecule has 1 atom stereocenters. The Morgan fingerprint density at radius 2 is 2.07 bits per heavy atom. The lowest BCUT2D eigenvalue weighted by Gasteiger charge is -2.36. The maximum absolute atomic E-state index is 13.2. The molecule has 1 aromatic heterocycles.